The summed E-state index contributed by atoms with van der Waals surface area (Å²) in [6, 6.07) is 6.53. The first-order valence-electron chi connectivity index (χ1n) is 6.38. The lowest BCUT2D eigenvalue weighted by Gasteiger charge is -2.18. The van der Waals surface area contributed by atoms with E-state index < -0.39 is 0 Å². The van der Waals surface area contributed by atoms with Gasteiger partial charge in [-0.25, -0.2) is 0 Å². The summed E-state index contributed by atoms with van der Waals surface area (Å²) in [5, 5.41) is 0. The summed E-state index contributed by atoms with van der Waals surface area (Å²) in [6.07, 6.45) is 3.37. The molecule has 0 unspecified atom stereocenters. The van der Waals surface area contributed by atoms with Crippen molar-refractivity contribution in [1.29, 1.82) is 0 Å². The van der Waals surface area contributed by atoms with E-state index in [1.807, 2.05) is 0 Å². The molecule has 0 aromatic heterocycles. The lowest BCUT2D eigenvalue weighted by atomic mass is 9.87. The Bertz CT molecular complexity index is 383. The summed E-state index contributed by atoms with van der Waals surface area (Å²) in [6.45, 7) is 6.13. The molecular weight excluding hydrogens is 212 g/mol. The van der Waals surface area contributed by atoms with E-state index in [0.29, 0.717) is 5.41 Å². The number of methoxy groups -OCH3 is 1. The molecule has 0 atom stereocenters. The number of rotatable bonds is 5. The van der Waals surface area contributed by atoms with Gasteiger partial charge < -0.3 is 9.47 Å². The van der Waals surface area contributed by atoms with Crippen LogP contribution in [-0.2, 0) is 16.6 Å². The topological polar surface area (TPSA) is 18.5 Å². The first-order valence-corrected chi connectivity index (χ1v) is 6.38. The highest BCUT2D eigenvalue weighted by Gasteiger charge is 2.29. The minimum Gasteiger partial charge on any atom is -0.493 e. The van der Waals surface area contributed by atoms with Crippen LogP contribution >= 0.6 is 0 Å². The molecular formula is C15H22O2. The monoisotopic (exact) mass is 234 g/mol. The third kappa shape index (κ3) is 2.81. The Morgan fingerprint density at radius 3 is 2.82 bits per heavy atom. The van der Waals surface area contributed by atoms with Crippen molar-refractivity contribution in [2.45, 2.75) is 38.5 Å². The molecule has 17 heavy (non-hydrogen) atoms. The van der Waals surface area contributed by atoms with Crippen molar-refractivity contribution in [1.82, 2.24) is 0 Å². The number of ether oxygens (including phenoxy) is 2. The molecule has 2 rings (SSSR count). The SMILES string of the molecule is COCCCOc1ccc2c(c1)CCC2(C)C. The van der Waals surface area contributed by atoms with Gasteiger partial charge in [0.2, 0.25) is 0 Å². The summed E-state index contributed by atoms with van der Waals surface area (Å²) in [5.41, 5.74) is 3.28. The van der Waals surface area contributed by atoms with Crippen molar-refractivity contribution in [3.63, 3.8) is 0 Å². The van der Waals surface area contributed by atoms with Gasteiger partial charge in [-0.05, 0) is 41.5 Å². The van der Waals surface area contributed by atoms with Gasteiger partial charge in [0.25, 0.3) is 0 Å². The molecule has 1 aromatic carbocycles. The van der Waals surface area contributed by atoms with Gasteiger partial charge in [-0.15, -0.1) is 0 Å². The quantitative estimate of drug-likeness (QED) is 0.728. The van der Waals surface area contributed by atoms with Crippen LogP contribution in [0.25, 0.3) is 0 Å². The molecule has 0 fully saturated rings. The third-order valence-corrected chi connectivity index (χ3v) is 3.59. The van der Waals surface area contributed by atoms with Crippen LogP contribution in [0, 0.1) is 0 Å². The van der Waals surface area contributed by atoms with E-state index in [9.17, 15) is 0 Å². The van der Waals surface area contributed by atoms with Crippen LogP contribution in [0.4, 0.5) is 0 Å². The van der Waals surface area contributed by atoms with Crippen molar-refractivity contribution in [2.24, 2.45) is 0 Å². The highest BCUT2D eigenvalue weighted by Crippen LogP contribution is 2.39. The fourth-order valence-corrected chi connectivity index (χ4v) is 2.50. The maximum Gasteiger partial charge on any atom is 0.119 e. The summed E-state index contributed by atoms with van der Waals surface area (Å²) in [4.78, 5) is 0. The molecule has 0 aliphatic heterocycles. The number of hydrogen-bond acceptors (Lipinski definition) is 2. The second-order valence-electron chi connectivity index (χ2n) is 5.40. The maximum absolute atomic E-state index is 5.72. The zero-order valence-electron chi connectivity index (χ0n) is 11.1. The molecule has 2 heteroatoms. The molecule has 2 nitrogen and oxygen atoms in total. The lowest BCUT2D eigenvalue weighted by molar-refractivity contribution is 0.172. The molecule has 94 valence electrons. The minimum absolute atomic E-state index is 0.337. The molecule has 0 radical (unpaired) electrons. The maximum atomic E-state index is 5.72. The molecule has 0 saturated carbocycles. The van der Waals surface area contributed by atoms with Crippen LogP contribution in [0.5, 0.6) is 5.75 Å². The van der Waals surface area contributed by atoms with Crippen LogP contribution in [0.3, 0.4) is 0 Å². The van der Waals surface area contributed by atoms with Crippen LogP contribution in [0.2, 0.25) is 0 Å². The summed E-state index contributed by atoms with van der Waals surface area (Å²) >= 11 is 0. The van der Waals surface area contributed by atoms with Crippen molar-refractivity contribution >= 4 is 0 Å². The van der Waals surface area contributed by atoms with Gasteiger partial charge in [-0.2, -0.15) is 0 Å². The Labute approximate surface area is 104 Å². The van der Waals surface area contributed by atoms with Crippen LogP contribution in [0.1, 0.15) is 37.8 Å². The predicted molar refractivity (Wildman–Crippen MR) is 69.8 cm³/mol. The van der Waals surface area contributed by atoms with Crippen molar-refractivity contribution in [3.8, 4) is 5.75 Å². The van der Waals surface area contributed by atoms with E-state index in [1.165, 1.54) is 24.0 Å². The van der Waals surface area contributed by atoms with Gasteiger partial charge >= 0.3 is 0 Å². The van der Waals surface area contributed by atoms with E-state index in [1.54, 1.807) is 7.11 Å². The number of hydrogen-bond donors (Lipinski definition) is 0. The zero-order chi connectivity index (χ0) is 12.3. The van der Waals surface area contributed by atoms with Gasteiger partial charge in [0.1, 0.15) is 5.75 Å². The van der Waals surface area contributed by atoms with E-state index in [4.69, 9.17) is 9.47 Å². The van der Waals surface area contributed by atoms with Gasteiger partial charge in [-0.1, -0.05) is 19.9 Å². The Balaban J connectivity index is 1.98. The highest BCUT2D eigenvalue weighted by atomic mass is 16.5. The van der Waals surface area contributed by atoms with Gasteiger partial charge in [0.15, 0.2) is 0 Å². The fourth-order valence-electron chi connectivity index (χ4n) is 2.50. The summed E-state index contributed by atoms with van der Waals surface area (Å²) < 4.78 is 10.7. The van der Waals surface area contributed by atoms with Crippen molar-refractivity contribution in [3.05, 3.63) is 29.3 Å². The zero-order valence-corrected chi connectivity index (χ0v) is 11.1. The normalized spacial score (nSPS) is 16.9. The Morgan fingerprint density at radius 2 is 2.06 bits per heavy atom. The first-order chi connectivity index (χ1) is 8.13. The molecule has 1 aromatic rings. The number of benzene rings is 1. The Morgan fingerprint density at radius 1 is 1.24 bits per heavy atom. The van der Waals surface area contributed by atoms with E-state index in [0.717, 1.165) is 25.4 Å². The minimum atomic E-state index is 0.337. The number of aryl methyl sites for hydroxylation is 1. The molecule has 0 bridgehead atoms. The van der Waals surface area contributed by atoms with Gasteiger partial charge in [0, 0.05) is 20.1 Å². The second kappa shape index (κ2) is 5.09. The standard InChI is InChI=1S/C15H22O2/c1-15(2)8-7-12-11-13(5-6-14(12)15)17-10-4-9-16-3/h5-6,11H,4,7-10H2,1-3H3. The molecule has 0 heterocycles. The molecule has 0 saturated heterocycles. The van der Waals surface area contributed by atoms with Crippen LogP contribution < -0.4 is 4.74 Å². The third-order valence-electron chi connectivity index (χ3n) is 3.59. The molecule has 0 amide bonds. The average molecular weight is 234 g/mol. The average Bonchev–Trinajstić information content (AvgIpc) is 2.61. The molecule has 0 N–H and O–H groups in total. The second-order valence-corrected chi connectivity index (χ2v) is 5.40. The van der Waals surface area contributed by atoms with Crippen molar-refractivity contribution in [2.75, 3.05) is 20.3 Å². The first kappa shape index (κ1) is 12.4. The number of fused-ring (bicyclic) bond motifs is 1. The molecule has 1 aliphatic carbocycles. The Hall–Kier alpha value is -1.02. The van der Waals surface area contributed by atoms with Gasteiger partial charge in [0.05, 0.1) is 6.61 Å². The smallest absolute Gasteiger partial charge is 0.119 e. The summed E-state index contributed by atoms with van der Waals surface area (Å²) in [7, 11) is 1.72. The van der Waals surface area contributed by atoms with Crippen LogP contribution in [0.15, 0.2) is 18.2 Å². The molecule has 1 aliphatic rings. The molecule has 0 spiro atoms. The highest BCUT2D eigenvalue weighted by molar-refractivity contribution is 5.43. The van der Waals surface area contributed by atoms with Crippen LogP contribution in [-0.4, -0.2) is 20.3 Å². The van der Waals surface area contributed by atoms with Crippen molar-refractivity contribution < 1.29 is 9.47 Å². The summed E-state index contributed by atoms with van der Waals surface area (Å²) in [5.74, 6) is 0.998. The fraction of sp³-hybridized carbons (Fsp3) is 0.600. The lowest BCUT2D eigenvalue weighted by Crippen LogP contribution is -2.11. The Kier molecular flexibility index (Phi) is 3.72. The van der Waals surface area contributed by atoms with E-state index in [2.05, 4.69) is 32.0 Å². The predicted octanol–water partition coefficient (Wildman–Crippen LogP) is 3.33. The largest absolute Gasteiger partial charge is 0.493 e. The van der Waals surface area contributed by atoms with E-state index >= 15 is 0 Å². The van der Waals surface area contributed by atoms with E-state index in [-0.39, 0.29) is 0 Å². The van der Waals surface area contributed by atoms with Gasteiger partial charge in [-0.3, -0.25) is 0 Å².